The van der Waals surface area contributed by atoms with Gasteiger partial charge in [0, 0.05) is 12.6 Å². The molecule has 0 aromatic heterocycles. The second kappa shape index (κ2) is 1.42. The van der Waals surface area contributed by atoms with E-state index in [1.165, 1.54) is 13.0 Å². The maximum atomic E-state index is 2.59. The van der Waals surface area contributed by atoms with Gasteiger partial charge in [-0.25, -0.2) is 0 Å². The molecule has 1 saturated heterocycles. The van der Waals surface area contributed by atoms with Gasteiger partial charge in [-0.05, 0) is 37.1 Å². The maximum Gasteiger partial charge on any atom is 0.0159 e. The minimum absolute atomic E-state index is 1.03. The zero-order chi connectivity index (χ0) is 6.88. The molecule has 5 atom stereocenters. The number of fused-ring (bicyclic) bond motifs is 1. The van der Waals surface area contributed by atoms with Crippen molar-refractivity contribution < 1.29 is 0 Å². The van der Waals surface area contributed by atoms with Gasteiger partial charge in [0.2, 0.25) is 0 Å². The van der Waals surface area contributed by atoms with Crippen molar-refractivity contribution in [3.05, 3.63) is 0 Å². The monoisotopic (exact) mass is 137 g/mol. The molecule has 2 aliphatic carbocycles. The Labute approximate surface area is 62.4 Å². The Morgan fingerprint density at radius 3 is 2.70 bits per heavy atom. The fourth-order valence-electron chi connectivity index (χ4n) is 3.61. The van der Waals surface area contributed by atoms with Crippen molar-refractivity contribution in [2.45, 2.75) is 19.4 Å². The fraction of sp³-hybridized carbons (Fsp3) is 1.00. The summed E-state index contributed by atoms with van der Waals surface area (Å²) in [6.07, 6.45) is 1.53. The number of hydrogen-bond donors (Lipinski definition) is 0. The number of nitrogens with zero attached hydrogens (tertiary/aromatic N) is 1. The van der Waals surface area contributed by atoms with Crippen LogP contribution in [0.25, 0.3) is 0 Å². The Morgan fingerprint density at radius 2 is 2.10 bits per heavy atom. The summed E-state index contributed by atoms with van der Waals surface area (Å²) in [5.41, 5.74) is 0. The van der Waals surface area contributed by atoms with Gasteiger partial charge in [-0.15, -0.1) is 0 Å². The van der Waals surface area contributed by atoms with E-state index in [2.05, 4.69) is 18.9 Å². The Hall–Kier alpha value is -0.0400. The summed E-state index contributed by atoms with van der Waals surface area (Å²) in [4.78, 5) is 2.59. The Kier molecular flexibility index (Phi) is 0.797. The van der Waals surface area contributed by atoms with E-state index in [0.29, 0.717) is 0 Å². The third-order valence-electron chi connectivity index (χ3n) is 4.06. The second-order valence-corrected chi connectivity index (χ2v) is 4.55. The van der Waals surface area contributed by atoms with Crippen molar-refractivity contribution in [2.24, 2.45) is 23.7 Å². The van der Waals surface area contributed by atoms with Crippen LogP contribution < -0.4 is 0 Å². The normalized spacial score (nSPS) is 64.8. The first-order valence-electron chi connectivity index (χ1n) is 4.49. The summed E-state index contributed by atoms with van der Waals surface area (Å²) in [5, 5.41) is 0. The summed E-state index contributed by atoms with van der Waals surface area (Å²) in [5.74, 6) is 4.38. The van der Waals surface area contributed by atoms with E-state index in [9.17, 15) is 0 Å². The van der Waals surface area contributed by atoms with E-state index in [1.54, 1.807) is 0 Å². The van der Waals surface area contributed by atoms with Crippen LogP contribution in [0.4, 0.5) is 0 Å². The van der Waals surface area contributed by atoms with Gasteiger partial charge in [0.1, 0.15) is 0 Å². The van der Waals surface area contributed by atoms with Crippen LogP contribution in [0.1, 0.15) is 13.3 Å². The largest absolute Gasteiger partial charge is 0.303 e. The van der Waals surface area contributed by atoms with E-state index in [4.69, 9.17) is 0 Å². The highest BCUT2D eigenvalue weighted by Gasteiger charge is 2.66. The van der Waals surface area contributed by atoms with Crippen LogP contribution in [0.3, 0.4) is 0 Å². The lowest BCUT2D eigenvalue weighted by Crippen LogP contribution is -2.20. The molecule has 1 heterocycles. The lowest BCUT2D eigenvalue weighted by molar-refractivity contribution is 0.325. The van der Waals surface area contributed by atoms with Gasteiger partial charge in [0.15, 0.2) is 0 Å². The fourth-order valence-corrected chi connectivity index (χ4v) is 3.61. The first kappa shape index (κ1) is 5.59. The first-order chi connectivity index (χ1) is 4.79. The average molecular weight is 137 g/mol. The van der Waals surface area contributed by atoms with Crippen molar-refractivity contribution in [2.75, 3.05) is 13.6 Å². The molecule has 3 unspecified atom stereocenters. The average Bonchev–Trinajstić information content (AvgIpc) is 2.37. The molecule has 56 valence electrons. The van der Waals surface area contributed by atoms with Gasteiger partial charge in [-0.3, -0.25) is 0 Å². The maximum absolute atomic E-state index is 2.59. The number of rotatable bonds is 0. The molecular weight excluding hydrogens is 122 g/mol. The van der Waals surface area contributed by atoms with E-state index in [1.807, 2.05) is 0 Å². The van der Waals surface area contributed by atoms with Crippen LogP contribution in [-0.4, -0.2) is 24.5 Å². The zero-order valence-corrected chi connectivity index (χ0v) is 6.75. The predicted molar refractivity (Wildman–Crippen MR) is 40.7 cm³/mol. The summed E-state index contributed by atoms with van der Waals surface area (Å²) in [6.45, 7) is 3.83. The van der Waals surface area contributed by atoms with Crippen molar-refractivity contribution >= 4 is 0 Å². The van der Waals surface area contributed by atoms with Crippen molar-refractivity contribution in [3.8, 4) is 0 Å². The molecule has 1 heteroatoms. The van der Waals surface area contributed by atoms with E-state index in [-0.39, 0.29) is 0 Å². The molecule has 2 saturated carbocycles. The number of hydrogen-bond acceptors (Lipinski definition) is 1. The minimum Gasteiger partial charge on any atom is -0.303 e. The standard InChI is InChI=1S/C9H15N/c1-5-3-6-8-7(5)4-10(2)9(6)8/h5-9H,3-4H2,1-2H3/t5-,6+,7?,8?,9?/m0/s1. The van der Waals surface area contributed by atoms with Gasteiger partial charge in [0.05, 0.1) is 0 Å². The Balaban J connectivity index is 1.93. The van der Waals surface area contributed by atoms with Gasteiger partial charge >= 0.3 is 0 Å². The number of likely N-dealkylation sites (tertiary alicyclic amines) is 1. The molecule has 0 radical (unpaired) electrons. The molecule has 3 aliphatic rings. The van der Waals surface area contributed by atoms with Crippen LogP contribution in [0.2, 0.25) is 0 Å². The summed E-state index contributed by atoms with van der Waals surface area (Å²) in [7, 11) is 2.30. The molecule has 3 fully saturated rings. The van der Waals surface area contributed by atoms with E-state index < -0.39 is 0 Å². The zero-order valence-electron chi connectivity index (χ0n) is 6.75. The van der Waals surface area contributed by atoms with Crippen molar-refractivity contribution in [1.29, 1.82) is 0 Å². The summed E-state index contributed by atoms with van der Waals surface area (Å²) < 4.78 is 0. The third-order valence-corrected chi connectivity index (χ3v) is 4.06. The Morgan fingerprint density at radius 1 is 1.30 bits per heavy atom. The van der Waals surface area contributed by atoms with Crippen LogP contribution in [0, 0.1) is 23.7 Å². The quantitative estimate of drug-likeness (QED) is 0.485. The van der Waals surface area contributed by atoms with Gasteiger partial charge in [-0.2, -0.15) is 0 Å². The van der Waals surface area contributed by atoms with E-state index >= 15 is 0 Å². The van der Waals surface area contributed by atoms with Crippen LogP contribution in [-0.2, 0) is 0 Å². The number of piperidine rings is 1. The predicted octanol–water partition coefficient (Wildman–Crippen LogP) is 1.20. The molecule has 0 bridgehead atoms. The molecular formula is C9H15N. The highest BCUT2D eigenvalue weighted by Crippen LogP contribution is 2.64. The van der Waals surface area contributed by atoms with Crippen molar-refractivity contribution in [3.63, 3.8) is 0 Å². The molecule has 0 spiro atoms. The molecule has 3 rings (SSSR count). The molecule has 0 amide bonds. The minimum atomic E-state index is 1.03. The molecule has 0 N–H and O–H groups in total. The SMILES string of the molecule is C[C@H]1C[C@@H]2C3C1CN(C)C32. The van der Waals surface area contributed by atoms with Crippen molar-refractivity contribution in [1.82, 2.24) is 4.90 Å². The lowest BCUT2D eigenvalue weighted by atomic mass is 9.95. The lowest BCUT2D eigenvalue weighted by Gasteiger charge is -2.13. The highest BCUT2D eigenvalue weighted by molar-refractivity contribution is 5.17. The molecule has 0 aromatic rings. The molecule has 0 aromatic carbocycles. The van der Waals surface area contributed by atoms with Crippen LogP contribution in [0.15, 0.2) is 0 Å². The van der Waals surface area contributed by atoms with E-state index in [0.717, 1.165) is 29.7 Å². The molecule has 1 aliphatic heterocycles. The first-order valence-corrected chi connectivity index (χ1v) is 4.49. The molecule has 1 nitrogen and oxygen atoms in total. The van der Waals surface area contributed by atoms with Gasteiger partial charge in [0.25, 0.3) is 0 Å². The topological polar surface area (TPSA) is 3.24 Å². The second-order valence-electron chi connectivity index (χ2n) is 4.55. The smallest absolute Gasteiger partial charge is 0.0159 e. The van der Waals surface area contributed by atoms with Gasteiger partial charge < -0.3 is 4.90 Å². The Bertz CT molecular complexity index is 178. The summed E-state index contributed by atoms with van der Waals surface area (Å²) in [6, 6.07) is 1.03. The third kappa shape index (κ3) is 0.430. The summed E-state index contributed by atoms with van der Waals surface area (Å²) >= 11 is 0. The highest BCUT2D eigenvalue weighted by atomic mass is 15.2. The molecule has 10 heavy (non-hydrogen) atoms. The van der Waals surface area contributed by atoms with Crippen LogP contribution in [0.5, 0.6) is 0 Å². The van der Waals surface area contributed by atoms with Gasteiger partial charge in [-0.1, -0.05) is 6.92 Å². The van der Waals surface area contributed by atoms with Crippen LogP contribution >= 0.6 is 0 Å².